The van der Waals surface area contributed by atoms with Gasteiger partial charge in [-0.3, -0.25) is 4.90 Å². The first-order valence-corrected chi connectivity index (χ1v) is 7.89. The number of aryl methyl sites for hydroxylation is 2. The van der Waals surface area contributed by atoms with Crippen molar-refractivity contribution in [3.63, 3.8) is 0 Å². The molecule has 1 aromatic heterocycles. The number of nitrogens with zero attached hydrogens (tertiary/aromatic N) is 2. The Morgan fingerprint density at radius 2 is 2.32 bits per heavy atom. The van der Waals surface area contributed by atoms with Crippen molar-refractivity contribution in [1.82, 2.24) is 15.2 Å². The monoisotopic (exact) mass is 283 g/mol. The van der Waals surface area contributed by atoms with Crippen LogP contribution in [0.15, 0.2) is 0 Å². The number of methoxy groups -OCH3 is 1. The third-order valence-corrected chi connectivity index (χ3v) is 4.83. The second-order valence-corrected chi connectivity index (χ2v) is 6.50. The normalized spacial score (nSPS) is 20.3. The van der Waals surface area contributed by atoms with Gasteiger partial charge in [0.25, 0.3) is 0 Å². The Morgan fingerprint density at radius 3 is 3.00 bits per heavy atom. The number of likely N-dealkylation sites (tertiary alicyclic amines) is 1. The fraction of sp³-hybridized carbons (Fsp3) is 0.786. The van der Waals surface area contributed by atoms with Gasteiger partial charge in [0.1, 0.15) is 5.01 Å². The molecule has 0 aliphatic carbocycles. The number of nitrogens with one attached hydrogen (secondary N) is 1. The second-order valence-electron chi connectivity index (χ2n) is 5.21. The predicted molar refractivity (Wildman–Crippen MR) is 79.8 cm³/mol. The summed E-state index contributed by atoms with van der Waals surface area (Å²) in [4.78, 5) is 8.57. The van der Waals surface area contributed by atoms with Crippen LogP contribution in [0.4, 0.5) is 0 Å². The molecule has 1 aliphatic heterocycles. The molecule has 2 heterocycles. The minimum atomic E-state index is 0.654. The number of rotatable bonds is 7. The number of ether oxygens (including phenoxy) is 1. The number of aromatic nitrogens is 1. The lowest BCUT2D eigenvalue weighted by Gasteiger charge is -2.23. The van der Waals surface area contributed by atoms with Crippen LogP contribution in [0.2, 0.25) is 0 Å². The van der Waals surface area contributed by atoms with E-state index in [1.165, 1.54) is 35.0 Å². The maximum Gasteiger partial charge on any atom is 0.107 e. The average Bonchev–Trinajstić information content (AvgIpc) is 2.94. The molecule has 4 nitrogen and oxygen atoms in total. The van der Waals surface area contributed by atoms with Gasteiger partial charge in [0.2, 0.25) is 0 Å². The molecule has 1 fully saturated rings. The smallest absolute Gasteiger partial charge is 0.107 e. The summed E-state index contributed by atoms with van der Waals surface area (Å²) >= 11 is 1.84. The van der Waals surface area contributed by atoms with Crippen molar-refractivity contribution in [2.45, 2.75) is 39.3 Å². The molecule has 0 spiro atoms. The molecule has 0 bridgehead atoms. The van der Waals surface area contributed by atoms with Crippen LogP contribution < -0.4 is 5.32 Å². The SMILES string of the molecule is COCCNCC1CCCN1Cc1nc(C)c(C)s1. The molecular formula is C14H25N3OS. The number of hydrogen-bond acceptors (Lipinski definition) is 5. The van der Waals surface area contributed by atoms with E-state index < -0.39 is 0 Å². The summed E-state index contributed by atoms with van der Waals surface area (Å²) < 4.78 is 5.06. The highest BCUT2D eigenvalue weighted by molar-refractivity contribution is 7.11. The molecule has 1 aromatic rings. The summed E-state index contributed by atoms with van der Waals surface area (Å²) in [6.45, 7) is 9.26. The zero-order chi connectivity index (χ0) is 13.7. The first kappa shape index (κ1) is 14.9. The van der Waals surface area contributed by atoms with Crippen LogP contribution in [-0.2, 0) is 11.3 Å². The van der Waals surface area contributed by atoms with Crippen LogP contribution in [0, 0.1) is 13.8 Å². The van der Waals surface area contributed by atoms with Crippen molar-refractivity contribution in [3.8, 4) is 0 Å². The first-order valence-electron chi connectivity index (χ1n) is 7.07. The Kier molecular flexibility index (Phi) is 5.76. The maximum atomic E-state index is 5.06. The van der Waals surface area contributed by atoms with Crippen LogP contribution in [0.3, 0.4) is 0 Å². The van der Waals surface area contributed by atoms with Crippen molar-refractivity contribution in [2.75, 3.05) is 33.4 Å². The van der Waals surface area contributed by atoms with Gasteiger partial charge < -0.3 is 10.1 Å². The number of hydrogen-bond donors (Lipinski definition) is 1. The van der Waals surface area contributed by atoms with E-state index in [0.29, 0.717) is 6.04 Å². The molecule has 5 heteroatoms. The lowest BCUT2D eigenvalue weighted by molar-refractivity contribution is 0.191. The van der Waals surface area contributed by atoms with E-state index in [1.54, 1.807) is 7.11 Å². The van der Waals surface area contributed by atoms with Gasteiger partial charge in [-0.25, -0.2) is 4.98 Å². The fourth-order valence-corrected chi connectivity index (χ4v) is 3.52. The van der Waals surface area contributed by atoms with Gasteiger partial charge >= 0.3 is 0 Å². The lowest BCUT2D eigenvalue weighted by atomic mass is 10.2. The molecule has 1 saturated heterocycles. The zero-order valence-electron chi connectivity index (χ0n) is 12.2. The van der Waals surface area contributed by atoms with Crippen LogP contribution in [0.5, 0.6) is 0 Å². The number of thiazole rings is 1. The van der Waals surface area contributed by atoms with Crippen molar-refractivity contribution in [1.29, 1.82) is 0 Å². The minimum Gasteiger partial charge on any atom is -0.383 e. The molecule has 1 unspecified atom stereocenters. The van der Waals surface area contributed by atoms with Gasteiger partial charge in [-0.05, 0) is 33.2 Å². The van der Waals surface area contributed by atoms with E-state index in [4.69, 9.17) is 4.74 Å². The van der Waals surface area contributed by atoms with Gasteiger partial charge in [-0.15, -0.1) is 11.3 Å². The Bertz CT molecular complexity index is 375. The fourth-order valence-electron chi connectivity index (χ4n) is 2.56. The highest BCUT2D eigenvalue weighted by Crippen LogP contribution is 2.23. The zero-order valence-corrected chi connectivity index (χ0v) is 13.1. The molecule has 1 aliphatic rings. The molecule has 1 N–H and O–H groups in total. The van der Waals surface area contributed by atoms with Crippen molar-refractivity contribution >= 4 is 11.3 Å². The summed E-state index contributed by atoms with van der Waals surface area (Å²) in [6.07, 6.45) is 2.60. The largest absolute Gasteiger partial charge is 0.383 e. The van der Waals surface area contributed by atoms with Crippen LogP contribution >= 0.6 is 11.3 Å². The topological polar surface area (TPSA) is 37.4 Å². The van der Waals surface area contributed by atoms with E-state index in [9.17, 15) is 0 Å². The summed E-state index contributed by atoms with van der Waals surface area (Å²) in [5.74, 6) is 0. The summed E-state index contributed by atoms with van der Waals surface area (Å²) in [5, 5.41) is 4.74. The Labute approximate surface area is 120 Å². The van der Waals surface area contributed by atoms with Gasteiger partial charge in [0.05, 0.1) is 18.8 Å². The average molecular weight is 283 g/mol. The Hall–Kier alpha value is -0.490. The summed E-state index contributed by atoms with van der Waals surface area (Å²) in [6, 6.07) is 0.654. The van der Waals surface area contributed by atoms with E-state index in [-0.39, 0.29) is 0 Å². The third-order valence-electron chi connectivity index (χ3n) is 3.77. The summed E-state index contributed by atoms with van der Waals surface area (Å²) in [7, 11) is 1.75. The quantitative estimate of drug-likeness (QED) is 0.776. The minimum absolute atomic E-state index is 0.654. The summed E-state index contributed by atoms with van der Waals surface area (Å²) in [5.41, 5.74) is 1.19. The molecule has 2 rings (SSSR count). The predicted octanol–water partition coefficient (Wildman–Crippen LogP) is 1.96. The van der Waals surface area contributed by atoms with Crippen molar-refractivity contribution in [2.24, 2.45) is 0 Å². The highest BCUT2D eigenvalue weighted by Gasteiger charge is 2.24. The molecule has 1 atom stereocenters. The van der Waals surface area contributed by atoms with Crippen molar-refractivity contribution in [3.05, 3.63) is 15.6 Å². The van der Waals surface area contributed by atoms with Gasteiger partial charge in [0.15, 0.2) is 0 Å². The molecule has 0 aromatic carbocycles. The Balaban J connectivity index is 1.81. The van der Waals surface area contributed by atoms with Crippen LogP contribution in [0.1, 0.15) is 28.4 Å². The van der Waals surface area contributed by atoms with E-state index in [2.05, 4.69) is 29.0 Å². The molecule has 108 valence electrons. The van der Waals surface area contributed by atoms with E-state index in [1.807, 2.05) is 11.3 Å². The highest BCUT2D eigenvalue weighted by atomic mass is 32.1. The molecule has 19 heavy (non-hydrogen) atoms. The molecule has 0 saturated carbocycles. The van der Waals surface area contributed by atoms with Crippen molar-refractivity contribution < 1.29 is 4.74 Å². The molecule has 0 radical (unpaired) electrons. The standard InChI is InChI=1S/C14H25N3OS/c1-11-12(2)19-14(16-11)10-17-7-4-5-13(17)9-15-6-8-18-3/h13,15H,4-10H2,1-3H3. The van der Waals surface area contributed by atoms with Gasteiger partial charge in [-0.1, -0.05) is 0 Å². The van der Waals surface area contributed by atoms with Gasteiger partial charge in [-0.2, -0.15) is 0 Å². The molecule has 0 amide bonds. The van der Waals surface area contributed by atoms with Crippen LogP contribution in [0.25, 0.3) is 0 Å². The van der Waals surface area contributed by atoms with Crippen LogP contribution in [-0.4, -0.2) is 49.3 Å². The van der Waals surface area contributed by atoms with E-state index in [0.717, 1.165) is 26.2 Å². The Morgan fingerprint density at radius 1 is 1.47 bits per heavy atom. The first-order chi connectivity index (χ1) is 9.20. The van der Waals surface area contributed by atoms with E-state index >= 15 is 0 Å². The lowest BCUT2D eigenvalue weighted by Crippen LogP contribution is -2.38. The maximum absolute atomic E-state index is 5.06. The second kappa shape index (κ2) is 7.33. The third kappa shape index (κ3) is 4.24. The van der Waals surface area contributed by atoms with Gasteiger partial charge in [0, 0.05) is 31.1 Å². The molecular weight excluding hydrogens is 258 g/mol.